The van der Waals surface area contributed by atoms with E-state index < -0.39 is 12.0 Å². The van der Waals surface area contributed by atoms with Crippen LogP contribution >= 0.6 is 0 Å². The number of carbonyl (C=O) groups is 2. The van der Waals surface area contributed by atoms with Gasteiger partial charge in [0.2, 0.25) is 11.8 Å². The van der Waals surface area contributed by atoms with Crippen LogP contribution in [0.15, 0.2) is 43.0 Å². The molecule has 0 bridgehead atoms. The molecule has 0 aromatic heterocycles. The molecule has 2 amide bonds. The molecule has 132 valence electrons. The van der Waals surface area contributed by atoms with Crippen LogP contribution in [0, 0.1) is 5.92 Å². The zero-order valence-corrected chi connectivity index (χ0v) is 13.9. The summed E-state index contributed by atoms with van der Waals surface area (Å²) in [4.78, 5) is 24.1. The van der Waals surface area contributed by atoms with Crippen molar-refractivity contribution in [1.82, 2.24) is 10.6 Å². The van der Waals surface area contributed by atoms with Gasteiger partial charge in [-0.25, -0.2) is 0 Å². The van der Waals surface area contributed by atoms with Crippen LogP contribution in [0.25, 0.3) is 0 Å². The van der Waals surface area contributed by atoms with Crippen LogP contribution in [0.4, 0.5) is 0 Å². The molecule has 0 aliphatic rings. The molecular formula is C18H26N2O4. The van der Waals surface area contributed by atoms with Crippen molar-refractivity contribution in [3.8, 4) is 0 Å². The summed E-state index contributed by atoms with van der Waals surface area (Å²) in [6.07, 6.45) is 1.14. The Hall–Kier alpha value is -2.18. The third-order valence-corrected chi connectivity index (χ3v) is 3.59. The summed E-state index contributed by atoms with van der Waals surface area (Å²) >= 11 is 0. The number of hydrogen-bond acceptors (Lipinski definition) is 4. The van der Waals surface area contributed by atoms with Crippen molar-refractivity contribution in [1.29, 1.82) is 0 Å². The summed E-state index contributed by atoms with van der Waals surface area (Å²) in [7, 11) is 0. The Morgan fingerprint density at radius 1 is 1.29 bits per heavy atom. The standard InChI is InChI=1S/C18H26N2O4/c1-3-7-15(10-17(23)20-13(2)12-21)18(24)19-11-16(22)14-8-5-4-6-9-14/h3-6,8-9,13,15-16,21-22H,1,7,10-12H2,2H3,(H,19,24)(H,20,23)/t13-,15+,16-/m0/s1. The van der Waals surface area contributed by atoms with Crippen molar-refractivity contribution in [3.05, 3.63) is 48.6 Å². The first-order valence-electron chi connectivity index (χ1n) is 7.99. The molecule has 0 unspecified atom stereocenters. The largest absolute Gasteiger partial charge is 0.394 e. The zero-order chi connectivity index (χ0) is 17.9. The number of rotatable bonds is 10. The molecule has 6 heteroatoms. The Kier molecular flexibility index (Phi) is 8.75. The quantitative estimate of drug-likeness (QED) is 0.478. The third kappa shape index (κ3) is 6.93. The van der Waals surface area contributed by atoms with Crippen LogP contribution in [0.5, 0.6) is 0 Å². The first-order chi connectivity index (χ1) is 11.5. The van der Waals surface area contributed by atoms with Gasteiger partial charge in [-0.3, -0.25) is 9.59 Å². The highest BCUT2D eigenvalue weighted by molar-refractivity contribution is 5.86. The Morgan fingerprint density at radius 3 is 2.54 bits per heavy atom. The van der Waals surface area contributed by atoms with E-state index in [-0.39, 0.29) is 37.4 Å². The third-order valence-electron chi connectivity index (χ3n) is 3.59. The molecule has 0 aliphatic carbocycles. The fraction of sp³-hybridized carbons (Fsp3) is 0.444. The summed E-state index contributed by atoms with van der Waals surface area (Å²) in [6.45, 7) is 5.20. The maximum atomic E-state index is 12.3. The molecule has 0 fully saturated rings. The minimum Gasteiger partial charge on any atom is -0.394 e. The van der Waals surface area contributed by atoms with E-state index in [1.54, 1.807) is 25.1 Å². The number of carbonyl (C=O) groups excluding carboxylic acids is 2. The van der Waals surface area contributed by atoms with Crippen molar-refractivity contribution in [2.24, 2.45) is 5.92 Å². The van der Waals surface area contributed by atoms with Crippen molar-refractivity contribution < 1.29 is 19.8 Å². The molecule has 0 heterocycles. The molecule has 4 N–H and O–H groups in total. The van der Waals surface area contributed by atoms with Gasteiger partial charge in [0.1, 0.15) is 0 Å². The Bertz CT molecular complexity index is 533. The molecule has 0 saturated carbocycles. The summed E-state index contributed by atoms with van der Waals surface area (Å²) in [5.74, 6) is -1.17. The van der Waals surface area contributed by atoms with Gasteiger partial charge in [-0.05, 0) is 18.9 Å². The van der Waals surface area contributed by atoms with Crippen LogP contribution in [0.2, 0.25) is 0 Å². The molecule has 0 radical (unpaired) electrons. The van der Waals surface area contributed by atoms with Gasteiger partial charge in [0.05, 0.1) is 18.6 Å². The van der Waals surface area contributed by atoms with Gasteiger partial charge >= 0.3 is 0 Å². The van der Waals surface area contributed by atoms with Crippen LogP contribution in [0.1, 0.15) is 31.4 Å². The lowest BCUT2D eigenvalue weighted by molar-refractivity contribution is -0.130. The minimum absolute atomic E-state index is 0.00360. The van der Waals surface area contributed by atoms with Crippen LogP contribution in [0.3, 0.4) is 0 Å². The van der Waals surface area contributed by atoms with Gasteiger partial charge < -0.3 is 20.8 Å². The number of aliphatic hydroxyl groups excluding tert-OH is 2. The number of allylic oxidation sites excluding steroid dienone is 1. The van der Waals surface area contributed by atoms with Crippen LogP contribution in [-0.2, 0) is 9.59 Å². The maximum Gasteiger partial charge on any atom is 0.224 e. The molecule has 1 rings (SSSR count). The first-order valence-corrected chi connectivity index (χ1v) is 7.99. The Morgan fingerprint density at radius 2 is 1.96 bits per heavy atom. The van der Waals surface area contributed by atoms with Crippen molar-refractivity contribution in [2.75, 3.05) is 13.2 Å². The topological polar surface area (TPSA) is 98.7 Å². The molecule has 6 nitrogen and oxygen atoms in total. The summed E-state index contributed by atoms with van der Waals surface area (Å²) in [6, 6.07) is 8.68. The highest BCUT2D eigenvalue weighted by Crippen LogP contribution is 2.13. The van der Waals surface area contributed by atoms with Gasteiger partial charge in [0.25, 0.3) is 0 Å². The van der Waals surface area contributed by atoms with Crippen molar-refractivity contribution >= 4 is 11.8 Å². The Balaban J connectivity index is 2.53. The predicted octanol–water partition coefficient (Wildman–Crippen LogP) is 0.916. The van der Waals surface area contributed by atoms with Gasteiger partial charge in [-0.1, -0.05) is 36.4 Å². The van der Waals surface area contributed by atoms with E-state index in [0.717, 1.165) is 0 Å². The van der Waals surface area contributed by atoms with E-state index >= 15 is 0 Å². The molecule has 0 aliphatic heterocycles. The fourth-order valence-corrected chi connectivity index (χ4v) is 2.22. The average molecular weight is 334 g/mol. The minimum atomic E-state index is -0.803. The molecule has 1 aromatic rings. The second kappa shape index (κ2) is 10.6. The summed E-state index contributed by atoms with van der Waals surface area (Å²) in [5.41, 5.74) is 0.715. The zero-order valence-electron chi connectivity index (χ0n) is 13.9. The lowest BCUT2D eigenvalue weighted by Gasteiger charge is -2.18. The van der Waals surface area contributed by atoms with E-state index in [0.29, 0.717) is 12.0 Å². The van der Waals surface area contributed by atoms with E-state index in [2.05, 4.69) is 17.2 Å². The van der Waals surface area contributed by atoms with Crippen molar-refractivity contribution in [2.45, 2.75) is 31.9 Å². The summed E-state index contributed by atoms with van der Waals surface area (Å²) in [5, 5.41) is 24.3. The second-order valence-electron chi connectivity index (χ2n) is 5.75. The van der Waals surface area contributed by atoms with E-state index in [1.807, 2.05) is 18.2 Å². The fourth-order valence-electron chi connectivity index (χ4n) is 2.22. The van der Waals surface area contributed by atoms with Gasteiger partial charge in [-0.15, -0.1) is 6.58 Å². The average Bonchev–Trinajstić information content (AvgIpc) is 2.59. The number of amides is 2. The lowest BCUT2D eigenvalue weighted by atomic mass is 9.99. The highest BCUT2D eigenvalue weighted by atomic mass is 16.3. The lowest BCUT2D eigenvalue weighted by Crippen LogP contribution is -2.39. The molecule has 3 atom stereocenters. The smallest absolute Gasteiger partial charge is 0.224 e. The first kappa shape index (κ1) is 19.9. The van der Waals surface area contributed by atoms with Gasteiger partial charge in [-0.2, -0.15) is 0 Å². The highest BCUT2D eigenvalue weighted by Gasteiger charge is 2.22. The number of benzene rings is 1. The monoisotopic (exact) mass is 334 g/mol. The molecule has 24 heavy (non-hydrogen) atoms. The van der Waals surface area contributed by atoms with Gasteiger partial charge in [0.15, 0.2) is 0 Å². The van der Waals surface area contributed by atoms with Crippen LogP contribution < -0.4 is 10.6 Å². The summed E-state index contributed by atoms with van der Waals surface area (Å²) < 4.78 is 0. The maximum absolute atomic E-state index is 12.3. The van der Waals surface area contributed by atoms with E-state index in [1.165, 1.54) is 0 Å². The second-order valence-corrected chi connectivity index (χ2v) is 5.75. The SMILES string of the molecule is C=CC[C@H](CC(=O)N[C@@H](C)CO)C(=O)NC[C@H](O)c1ccccc1. The molecule has 1 aromatic carbocycles. The van der Waals surface area contributed by atoms with Gasteiger partial charge in [0, 0.05) is 19.0 Å². The Labute approximate surface area is 142 Å². The van der Waals surface area contributed by atoms with Crippen LogP contribution in [-0.4, -0.2) is 41.2 Å². The number of hydrogen-bond donors (Lipinski definition) is 4. The number of nitrogens with one attached hydrogen (secondary N) is 2. The molecule has 0 spiro atoms. The number of aliphatic hydroxyl groups is 2. The predicted molar refractivity (Wildman–Crippen MR) is 92.0 cm³/mol. The van der Waals surface area contributed by atoms with E-state index in [4.69, 9.17) is 5.11 Å². The normalized spacial score (nSPS) is 14.3. The molecule has 0 saturated heterocycles. The molecular weight excluding hydrogens is 308 g/mol. The van der Waals surface area contributed by atoms with Crippen molar-refractivity contribution in [3.63, 3.8) is 0 Å². The van der Waals surface area contributed by atoms with E-state index in [9.17, 15) is 14.7 Å².